The van der Waals surface area contributed by atoms with Crippen molar-refractivity contribution in [1.29, 1.82) is 0 Å². The maximum absolute atomic E-state index is 13.0. The van der Waals surface area contributed by atoms with Crippen LogP contribution < -0.4 is 14.2 Å². The summed E-state index contributed by atoms with van der Waals surface area (Å²) in [5, 5.41) is 82.4. The summed E-state index contributed by atoms with van der Waals surface area (Å²) < 4.78 is 33.8. The molecule has 0 spiro atoms. The zero-order valence-corrected chi connectivity index (χ0v) is 23.1. The van der Waals surface area contributed by atoms with E-state index in [0.717, 1.165) is 6.07 Å². The number of aromatic hydroxyl groups is 2. The topological polar surface area (TPSA) is 234 Å². The van der Waals surface area contributed by atoms with Crippen LogP contribution in [-0.4, -0.2) is 122 Å². The lowest BCUT2D eigenvalue weighted by Gasteiger charge is -2.45. The minimum Gasteiger partial charge on any atom is -0.508 e. The van der Waals surface area contributed by atoms with Crippen LogP contribution in [0.4, 0.5) is 0 Å². The van der Waals surface area contributed by atoms with E-state index in [1.54, 1.807) is 6.07 Å². The van der Waals surface area contributed by atoms with E-state index >= 15 is 0 Å². The van der Waals surface area contributed by atoms with Crippen molar-refractivity contribution in [2.45, 2.75) is 80.9 Å². The maximum Gasteiger partial charge on any atom is 0.229 e. The second-order valence-electron chi connectivity index (χ2n) is 10.6. The van der Waals surface area contributed by atoms with E-state index < -0.39 is 85.7 Å². The third-order valence-corrected chi connectivity index (χ3v) is 7.67. The molecule has 0 aromatic heterocycles. The highest BCUT2D eigenvalue weighted by molar-refractivity contribution is 6.02. The Morgan fingerprint density at radius 1 is 0.860 bits per heavy atom. The van der Waals surface area contributed by atoms with E-state index in [-0.39, 0.29) is 29.2 Å². The van der Waals surface area contributed by atoms with Crippen molar-refractivity contribution in [1.82, 2.24) is 0 Å². The van der Waals surface area contributed by atoms with Crippen LogP contribution in [0.15, 0.2) is 30.3 Å². The molecular weight excluding hydrogens is 576 g/mol. The molecule has 0 radical (unpaired) electrons. The quantitative estimate of drug-likeness (QED) is 0.185. The second kappa shape index (κ2) is 12.4. The average Bonchev–Trinajstić information content (AvgIpc) is 2.97. The Balaban J connectivity index is 1.42. The van der Waals surface area contributed by atoms with Gasteiger partial charge in [-0.3, -0.25) is 4.79 Å². The van der Waals surface area contributed by atoms with Gasteiger partial charge in [-0.05, 0) is 19.1 Å². The molecular formula is C28H34O15. The highest BCUT2D eigenvalue weighted by atomic mass is 16.8. The molecule has 15 nitrogen and oxygen atoms in total. The number of fused-ring (bicyclic) bond motifs is 1. The number of carbonyl (C=O) groups is 1. The molecule has 5 rings (SSSR count). The number of carbonyl (C=O) groups excluding carboxylic acids is 1. The summed E-state index contributed by atoms with van der Waals surface area (Å²) in [4.78, 5) is 13.0. The maximum atomic E-state index is 13.0. The van der Waals surface area contributed by atoms with Gasteiger partial charge in [0.05, 0.1) is 26.2 Å². The largest absolute Gasteiger partial charge is 0.508 e. The van der Waals surface area contributed by atoms with Crippen LogP contribution in [-0.2, 0) is 14.2 Å². The van der Waals surface area contributed by atoms with Crippen molar-refractivity contribution < 1.29 is 74.1 Å². The summed E-state index contributed by atoms with van der Waals surface area (Å²) in [6.45, 7) is 0.698. The van der Waals surface area contributed by atoms with Gasteiger partial charge in [0.2, 0.25) is 6.29 Å². The third-order valence-electron chi connectivity index (χ3n) is 7.67. The molecule has 0 saturated carbocycles. The number of aliphatic hydroxyl groups is 6. The Morgan fingerprint density at radius 3 is 2.30 bits per heavy atom. The molecule has 2 fully saturated rings. The minimum atomic E-state index is -1.76. The van der Waals surface area contributed by atoms with Crippen LogP contribution in [0.1, 0.15) is 35.4 Å². The summed E-state index contributed by atoms with van der Waals surface area (Å²) in [7, 11) is 1.41. The number of ketones is 1. The number of phenolic OH excluding ortho intramolecular Hbond substituents is 2. The van der Waals surface area contributed by atoms with Crippen LogP contribution in [0.2, 0.25) is 0 Å². The Bertz CT molecular complexity index is 1320. The second-order valence-corrected chi connectivity index (χ2v) is 10.6. The lowest BCUT2D eigenvalue weighted by Crippen LogP contribution is -2.64. The first-order chi connectivity index (χ1) is 20.4. The molecule has 43 heavy (non-hydrogen) atoms. The molecule has 3 heterocycles. The summed E-state index contributed by atoms with van der Waals surface area (Å²) in [5.74, 6) is -0.924. The summed E-state index contributed by atoms with van der Waals surface area (Å²) in [6.07, 6.45) is -16.4. The summed E-state index contributed by atoms with van der Waals surface area (Å²) in [5.41, 5.74) is 0.318. The lowest BCUT2D eigenvalue weighted by atomic mass is 9.95. The Morgan fingerprint density at radius 2 is 1.60 bits per heavy atom. The number of aliphatic hydroxyl groups excluding tert-OH is 6. The summed E-state index contributed by atoms with van der Waals surface area (Å²) in [6, 6.07) is 6.75. The number of hydrogen-bond donors (Lipinski definition) is 8. The SMILES string of the molecule is COc1cc(O)cc([C@@H]2CC(=O)c3c(O)cc(O[C@H]4O[C@H](CO)[C@@H](O)[C@H](O)[C@H]4OC4O[C@@H](C)[C@H](O)[C@@H](O)[C@H]4O)cc3O2)c1. The zero-order valence-electron chi connectivity index (χ0n) is 23.1. The van der Waals surface area contributed by atoms with E-state index in [1.807, 2.05) is 0 Å². The van der Waals surface area contributed by atoms with Gasteiger partial charge in [0.15, 0.2) is 18.2 Å². The molecule has 2 saturated heterocycles. The molecule has 15 heteroatoms. The van der Waals surface area contributed by atoms with Gasteiger partial charge in [-0.25, -0.2) is 0 Å². The number of rotatable bonds is 7. The van der Waals surface area contributed by atoms with Crippen LogP contribution >= 0.6 is 0 Å². The monoisotopic (exact) mass is 610 g/mol. The van der Waals surface area contributed by atoms with Gasteiger partial charge in [-0.2, -0.15) is 0 Å². The lowest BCUT2D eigenvalue weighted by molar-refractivity contribution is -0.354. The number of phenols is 2. The van der Waals surface area contributed by atoms with Gasteiger partial charge < -0.3 is 69.3 Å². The summed E-state index contributed by atoms with van der Waals surface area (Å²) >= 11 is 0. The first-order valence-electron chi connectivity index (χ1n) is 13.5. The smallest absolute Gasteiger partial charge is 0.229 e. The van der Waals surface area contributed by atoms with E-state index in [9.17, 15) is 45.6 Å². The number of methoxy groups -OCH3 is 1. The molecule has 1 unspecified atom stereocenters. The Labute approximate surface area is 245 Å². The molecule has 0 aliphatic carbocycles. The Hall–Kier alpha value is -3.25. The zero-order chi connectivity index (χ0) is 31.2. The predicted molar refractivity (Wildman–Crippen MR) is 141 cm³/mol. The van der Waals surface area contributed by atoms with Crippen LogP contribution in [0.5, 0.6) is 28.7 Å². The van der Waals surface area contributed by atoms with Crippen molar-refractivity contribution in [2.75, 3.05) is 13.7 Å². The van der Waals surface area contributed by atoms with Gasteiger partial charge >= 0.3 is 0 Å². The molecule has 3 aliphatic heterocycles. The standard InChI is InChI=1S/C28H34O15/c1-10-21(33)23(35)25(37)27(39-10)43-26-24(36)22(34)19(9-29)42-28(26)40-14-6-15(31)20-16(32)8-17(41-18(20)7-14)11-3-12(30)5-13(4-11)38-2/h3-7,10,17,19,21-31,33-37H,8-9H2,1-2H3/t10-,17-,19+,21-,22+,23+,24-,25+,26+,27?,28-/m0/s1. The molecule has 2 aromatic rings. The third kappa shape index (κ3) is 6.08. The highest BCUT2D eigenvalue weighted by Gasteiger charge is 2.51. The fourth-order valence-electron chi connectivity index (χ4n) is 5.29. The van der Waals surface area contributed by atoms with Crippen molar-refractivity contribution >= 4 is 5.78 Å². The van der Waals surface area contributed by atoms with Crippen molar-refractivity contribution in [3.8, 4) is 28.7 Å². The van der Waals surface area contributed by atoms with Crippen LogP contribution in [0.3, 0.4) is 0 Å². The molecule has 8 N–H and O–H groups in total. The number of ether oxygens (including phenoxy) is 6. The van der Waals surface area contributed by atoms with Gasteiger partial charge in [-0.15, -0.1) is 0 Å². The van der Waals surface area contributed by atoms with E-state index in [2.05, 4.69) is 0 Å². The fraction of sp³-hybridized carbons (Fsp3) is 0.536. The van der Waals surface area contributed by atoms with E-state index in [4.69, 9.17) is 28.4 Å². The fourth-order valence-corrected chi connectivity index (χ4v) is 5.29. The molecule has 0 amide bonds. The van der Waals surface area contributed by atoms with Crippen molar-refractivity contribution in [3.63, 3.8) is 0 Å². The van der Waals surface area contributed by atoms with Crippen LogP contribution in [0, 0.1) is 0 Å². The first-order valence-corrected chi connectivity index (χ1v) is 13.5. The normalized spacial score (nSPS) is 36.0. The first kappa shape index (κ1) is 31.2. The van der Waals surface area contributed by atoms with Gasteiger partial charge in [0.25, 0.3) is 0 Å². The predicted octanol–water partition coefficient (Wildman–Crippen LogP) is -1.16. The van der Waals surface area contributed by atoms with Crippen LogP contribution in [0.25, 0.3) is 0 Å². The van der Waals surface area contributed by atoms with Gasteiger partial charge in [0, 0.05) is 23.8 Å². The number of benzene rings is 2. The number of hydrogen-bond acceptors (Lipinski definition) is 15. The van der Waals surface area contributed by atoms with Crippen molar-refractivity contribution in [3.05, 3.63) is 41.5 Å². The minimum absolute atomic E-state index is 0.0666. The molecule has 2 aromatic carbocycles. The Kier molecular flexibility index (Phi) is 8.99. The molecule has 11 atom stereocenters. The van der Waals surface area contributed by atoms with Gasteiger partial charge in [-0.1, -0.05) is 0 Å². The molecule has 236 valence electrons. The van der Waals surface area contributed by atoms with E-state index in [1.165, 1.54) is 32.2 Å². The average molecular weight is 611 g/mol. The molecule has 0 bridgehead atoms. The molecule has 3 aliphatic rings. The number of Topliss-reactive ketones (excluding diaryl/α,β-unsaturated/α-hetero) is 1. The van der Waals surface area contributed by atoms with Crippen molar-refractivity contribution in [2.24, 2.45) is 0 Å². The highest BCUT2D eigenvalue weighted by Crippen LogP contribution is 2.43. The van der Waals surface area contributed by atoms with E-state index in [0.29, 0.717) is 11.3 Å². The van der Waals surface area contributed by atoms with Gasteiger partial charge in [0.1, 0.15) is 77.0 Å².